The third kappa shape index (κ3) is 0.886. The zero-order valence-electron chi connectivity index (χ0n) is 5.17. The first-order valence-corrected chi connectivity index (χ1v) is 2.95. The summed E-state index contributed by atoms with van der Waals surface area (Å²) in [7, 11) is 0. The van der Waals surface area contributed by atoms with Crippen LogP contribution in [0.5, 0.6) is 0 Å². The van der Waals surface area contributed by atoms with Crippen LogP contribution in [0.3, 0.4) is 0 Å². The van der Waals surface area contributed by atoms with Crippen molar-refractivity contribution in [3.63, 3.8) is 0 Å². The second kappa shape index (κ2) is 1.93. The SMILES string of the molecule is C=C[N+]1([O-])CCCC1=O. The second-order valence-corrected chi connectivity index (χ2v) is 2.20. The van der Waals surface area contributed by atoms with Crippen molar-refractivity contribution in [3.05, 3.63) is 18.0 Å². The van der Waals surface area contributed by atoms with Crippen LogP contribution in [0.1, 0.15) is 12.8 Å². The van der Waals surface area contributed by atoms with E-state index in [9.17, 15) is 10.0 Å². The summed E-state index contributed by atoms with van der Waals surface area (Å²) >= 11 is 0. The van der Waals surface area contributed by atoms with E-state index < -0.39 is 4.65 Å². The van der Waals surface area contributed by atoms with Gasteiger partial charge in [-0.15, -0.1) is 0 Å². The molecule has 9 heavy (non-hydrogen) atoms. The van der Waals surface area contributed by atoms with Gasteiger partial charge < -0.3 is 5.21 Å². The van der Waals surface area contributed by atoms with Gasteiger partial charge in [0, 0.05) is 6.42 Å². The number of carbonyl (C=O) groups is 1. The average molecular weight is 127 g/mol. The number of hydroxylamine groups is 3. The van der Waals surface area contributed by atoms with Gasteiger partial charge in [-0.1, -0.05) is 0 Å². The Kier molecular flexibility index (Phi) is 1.38. The molecule has 0 aliphatic carbocycles. The Morgan fingerprint density at radius 1 is 1.78 bits per heavy atom. The Labute approximate surface area is 53.7 Å². The van der Waals surface area contributed by atoms with Crippen LogP contribution >= 0.6 is 0 Å². The minimum Gasteiger partial charge on any atom is -0.620 e. The Morgan fingerprint density at radius 3 is 2.67 bits per heavy atom. The molecule has 0 saturated carbocycles. The van der Waals surface area contributed by atoms with Gasteiger partial charge in [-0.2, -0.15) is 0 Å². The average Bonchev–Trinajstić information content (AvgIpc) is 2.15. The molecule has 1 aliphatic heterocycles. The van der Waals surface area contributed by atoms with Crippen molar-refractivity contribution >= 4 is 5.91 Å². The smallest absolute Gasteiger partial charge is 0.318 e. The molecule has 0 aromatic carbocycles. The van der Waals surface area contributed by atoms with Crippen LogP contribution < -0.4 is 0 Å². The Balaban J connectivity index is 2.78. The predicted molar refractivity (Wildman–Crippen MR) is 32.9 cm³/mol. The van der Waals surface area contributed by atoms with E-state index >= 15 is 0 Å². The number of carbonyl (C=O) groups excluding carboxylic acids is 1. The summed E-state index contributed by atoms with van der Waals surface area (Å²) in [4.78, 5) is 10.7. The van der Waals surface area contributed by atoms with Gasteiger partial charge in [0.2, 0.25) is 0 Å². The highest BCUT2D eigenvalue weighted by molar-refractivity contribution is 5.71. The minimum atomic E-state index is -0.819. The monoisotopic (exact) mass is 127 g/mol. The first-order valence-electron chi connectivity index (χ1n) is 2.95. The molecule has 1 atom stereocenters. The highest BCUT2D eigenvalue weighted by Gasteiger charge is 2.30. The molecule has 50 valence electrons. The fourth-order valence-corrected chi connectivity index (χ4v) is 0.972. The first-order chi connectivity index (χ1) is 4.19. The molecule has 3 nitrogen and oxygen atoms in total. The van der Waals surface area contributed by atoms with Crippen LogP contribution in [0.25, 0.3) is 0 Å². The molecule has 3 heteroatoms. The lowest BCUT2D eigenvalue weighted by Crippen LogP contribution is -2.36. The van der Waals surface area contributed by atoms with Gasteiger partial charge in [0.05, 0.1) is 19.2 Å². The normalized spacial score (nSPS) is 35.0. The van der Waals surface area contributed by atoms with Gasteiger partial charge in [0.1, 0.15) is 0 Å². The minimum absolute atomic E-state index is 0.259. The Bertz CT molecular complexity index is 155. The molecule has 0 N–H and O–H groups in total. The molecule has 0 radical (unpaired) electrons. The fraction of sp³-hybridized carbons (Fsp3) is 0.500. The summed E-state index contributed by atoms with van der Waals surface area (Å²) < 4.78 is -0.819. The summed E-state index contributed by atoms with van der Waals surface area (Å²) in [5.74, 6) is -0.259. The summed E-state index contributed by atoms with van der Waals surface area (Å²) in [5.41, 5.74) is 0. The van der Waals surface area contributed by atoms with Crippen molar-refractivity contribution in [1.82, 2.24) is 0 Å². The van der Waals surface area contributed by atoms with E-state index in [0.29, 0.717) is 19.4 Å². The number of hydrogen-bond donors (Lipinski definition) is 0. The maximum atomic E-state index is 11.1. The van der Waals surface area contributed by atoms with Crippen molar-refractivity contribution in [2.24, 2.45) is 0 Å². The molecular formula is C6H9NO2. The first kappa shape index (κ1) is 6.45. The molecule has 0 aromatic heterocycles. The number of likely N-dealkylation sites (tertiary alicyclic amines) is 1. The van der Waals surface area contributed by atoms with Crippen LogP contribution in [-0.4, -0.2) is 17.1 Å². The standard InChI is InChI=1S/C6H9NO2/c1-2-7(9)5-3-4-6(7)8/h2H,1,3-5H2. The van der Waals surface area contributed by atoms with Crippen molar-refractivity contribution in [2.75, 3.05) is 6.54 Å². The van der Waals surface area contributed by atoms with Crippen molar-refractivity contribution in [1.29, 1.82) is 0 Å². The number of hydrogen-bond acceptors (Lipinski definition) is 2. The second-order valence-electron chi connectivity index (χ2n) is 2.20. The van der Waals surface area contributed by atoms with Crippen molar-refractivity contribution < 1.29 is 9.44 Å². The van der Waals surface area contributed by atoms with E-state index in [4.69, 9.17) is 0 Å². The van der Waals surface area contributed by atoms with Gasteiger partial charge in [-0.25, -0.2) is 4.79 Å². The van der Waals surface area contributed by atoms with Gasteiger partial charge in [0.15, 0.2) is 0 Å². The molecular weight excluding hydrogens is 118 g/mol. The molecule has 0 bridgehead atoms. The number of rotatable bonds is 1. The maximum absolute atomic E-state index is 11.1. The highest BCUT2D eigenvalue weighted by atomic mass is 16.6. The third-order valence-electron chi connectivity index (χ3n) is 1.60. The van der Waals surface area contributed by atoms with Crippen LogP contribution in [0, 0.1) is 5.21 Å². The summed E-state index contributed by atoms with van der Waals surface area (Å²) in [6.07, 6.45) is 2.28. The highest BCUT2D eigenvalue weighted by Crippen LogP contribution is 2.18. The van der Waals surface area contributed by atoms with E-state index in [1.807, 2.05) is 0 Å². The van der Waals surface area contributed by atoms with Crippen LogP contribution in [-0.2, 0) is 4.79 Å². The van der Waals surface area contributed by atoms with Gasteiger partial charge in [0.25, 0.3) is 0 Å². The zero-order valence-corrected chi connectivity index (χ0v) is 5.17. The van der Waals surface area contributed by atoms with Gasteiger partial charge >= 0.3 is 5.91 Å². The van der Waals surface area contributed by atoms with Crippen LogP contribution in [0.15, 0.2) is 12.8 Å². The van der Waals surface area contributed by atoms with E-state index in [1.54, 1.807) is 0 Å². The maximum Gasteiger partial charge on any atom is 0.318 e. The number of quaternary nitrogens is 1. The van der Waals surface area contributed by atoms with E-state index in [-0.39, 0.29) is 5.91 Å². The van der Waals surface area contributed by atoms with E-state index in [1.165, 1.54) is 0 Å². The fourth-order valence-electron chi connectivity index (χ4n) is 0.972. The molecule has 1 amide bonds. The predicted octanol–water partition coefficient (Wildman–Crippen LogP) is 0.765. The largest absolute Gasteiger partial charge is 0.620 e. The Morgan fingerprint density at radius 2 is 2.44 bits per heavy atom. The molecule has 1 saturated heterocycles. The summed E-state index contributed by atoms with van der Waals surface area (Å²) in [6.45, 7) is 3.68. The van der Waals surface area contributed by atoms with Crippen molar-refractivity contribution in [3.8, 4) is 0 Å². The quantitative estimate of drug-likeness (QED) is 0.385. The van der Waals surface area contributed by atoms with E-state index in [0.717, 1.165) is 6.20 Å². The Hall–Kier alpha value is -0.670. The lowest BCUT2D eigenvalue weighted by molar-refractivity contribution is -0.739. The summed E-state index contributed by atoms with van der Waals surface area (Å²) in [6, 6.07) is 0. The molecule has 1 fully saturated rings. The lowest BCUT2D eigenvalue weighted by Gasteiger charge is -2.29. The number of nitrogens with zero attached hydrogens (tertiary/aromatic N) is 1. The van der Waals surface area contributed by atoms with E-state index in [2.05, 4.69) is 6.58 Å². The molecule has 0 spiro atoms. The van der Waals surface area contributed by atoms with Crippen LogP contribution in [0.2, 0.25) is 0 Å². The van der Waals surface area contributed by atoms with Crippen molar-refractivity contribution in [2.45, 2.75) is 12.8 Å². The number of amides is 1. The lowest BCUT2D eigenvalue weighted by atomic mass is 10.4. The van der Waals surface area contributed by atoms with Crippen LogP contribution in [0.4, 0.5) is 0 Å². The molecule has 1 unspecified atom stereocenters. The zero-order chi connectivity index (χ0) is 6.91. The topological polar surface area (TPSA) is 40.1 Å². The van der Waals surface area contributed by atoms with Gasteiger partial charge in [-0.05, 0) is 6.58 Å². The molecule has 1 rings (SSSR count). The molecule has 1 heterocycles. The molecule has 1 aliphatic rings. The summed E-state index contributed by atoms with van der Waals surface area (Å²) in [5, 5.41) is 11.1. The third-order valence-corrected chi connectivity index (χ3v) is 1.60. The molecule has 0 aromatic rings. The van der Waals surface area contributed by atoms with Gasteiger partial charge in [-0.3, -0.25) is 4.65 Å².